The van der Waals surface area contributed by atoms with Crippen molar-refractivity contribution in [3.63, 3.8) is 0 Å². The number of carbonyl (C=O) groups is 1. The van der Waals surface area contributed by atoms with Gasteiger partial charge in [-0.2, -0.15) is 0 Å². The number of carbonyl (C=O) groups excluding carboxylic acids is 1. The minimum atomic E-state index is 0.219. The van der Waals surface area contributed by atoms with Crippen molar-refractivity contribution in [1.29, 1.82) is 0 Å². The van der Waals surface area contributed by atoms with E-state index in [2.05, 4.69) is 12.1 Å². The second-order valence-corrected chi connectivity index (χ2v) is 3.70. The zero-order chi connectivity index (χ0) is 10.4. The minimum absolute atomic E-state index is 0.219. The highest BCUT2D eigenvalue weighted by Crippen LogP contribution is 2.11. The predicted molar refractivity (Wildman–Crippen MR) is 58.0 cm³/mol. The maximum Gasteiger partial charge on any atom is 0.130 e. The summed E-state index contributed by atoms with van der Waals surface area (Å²) < 4.78 is 0. The van der Waals surface area contributed by atoms with Gasteiger partial charge in [0.15, 0.2) is 0 Å². The van der Waals surface area contributed by atoms with Gasteiger partial charge in [-0.25, -0.2) is 0 Å². The van der Waals surface area contributed by atoms with Gasteiger partial charge in [0.1, 0.15) is 5.78 Å². The molecule has 0 aliphatic heterocycles. The van der Waals surface area contributed by atoms with E-state index in [1.54, 1.807) is 6.92 Å². The van der Waals surface area contributed by atoms with Gasteiger partial charge in [-0.15, -0.1) is 0 Å². The SMILES string of the molecule is CC(=O)C[C@@H](CN)Cc1ccccc1. The Labute approximate surface area is 85.1 Å². The molecule has 2 N–H and O–H groups in total. The van der Waals surface area contributed by atoms with Gasteiger partial charge in [-0.1, -0.05) is 30.3 Å². The first-order valence-electron chi connectivity index (χ1n) is 4.95. The molecule has 0 amide bonds. The summed E-state index contributed by atoms with van der Waals surface area (Å²) in [6.07, 6.45) is 1.49. The van der Waals surface area contributed by atoms with Crippen molar-refractivity contribution in [2.75, 3.05) is 6.54 Å². The fraction of sp³-hybridized carbons (Fsp3) is 0.417. The highest BCUT2D eigenvalue weighted by atomic mass is 16.1. The summed E-state index contributed by atoms with van der Waals surface area (Å²) in [6.45, 7) is 2.20. The van der Waals surface area contributed by atoms with Gasteiger partial charge in [0, 0.05) is 6.42 Å². The fourth-order valence-corrected chi connectivity index (χ4v) is 1.59. The first-order chi connectivity index (χ1) is 6.72. The van der Waals surface area contributed by atoms with Crippen LogP contribution in [-0.2, 0) is 11.2 Å². The highest BCUT2D eigenvalue weighted by molar-refractivity contribution is 5.75. The molecule has 0 unspecified atom stereocenters. The fourth-order valence-electron chi connectivity index (χ4n) is 1.59. The molecule has 2 nitrogen and oxygen atoms in total. The smallest absolute Gasteiger partial charge is 0.130 e. The van der Waals surface area contributed by atoms with Gasteiger partial charge in [-0.05, 0) is 31.4 Å². The lowest BCUT2D eigenvalue weighted by molar-refractivity contribution is -0.117. The number of benzene rings is 1. The first kappa shape index (κ1) is 10.9. The van der Waals surface area contributed by atoms with E-state index in [1.807, 2.05) is 18.2 Å². The molecule has 1 atom stereocenters. The van der Waals surface area contributed by atoms with Crippen molar-refractivity contribution in [1.82, 2.24) is 0 Å². The van der Waals surface area contributed by atoms with Gasteiger partial charge < -0.3 is 10.5 Å². The summed E-state index contributed by atoms with van der Waals surface area (Å²) >= 11 is 0. The van der Waals surface area contributed by atoms with Crippen LogP contribution in [0.15, 0.2) is 30.3 Å². The van der Waals surface area contributed by atoms with E-state index in [0.717, 1.165) is 6.42 Å². The average Bonchev–Trinajstić information content (AvgIpc) is 2.17. The standard InChI is InChI=1S/C12H17NO/c1-10(14)7-12(9-13)8-11-5-3-2-4-6-11/h2-6,12H,7-9,13H2,1H3/t12-/m1/s1. The van der Waals surface area contributed by atoms with Crippen LogP contribution in [0.2, 0.25) is 0 Å². The molecule has 0 aliphatic carbocycles. The third kappa shape index (κ3) is 3.71. The Hall–Kier alpha value is -1.15. The molecule has 2 heteroatoms. The highest BCUT2D eigenvalue weighted by Gasteiger charge is 2.09. The van der Waals surface area contributed by atoms with Gasteiger partial charge >= 0.3 is 0 Å². The third-order valence-electron chi connectivity index (χ3n) is 2.28. The third-order valence-corrected chi connectivity index (χ3v) is 2.28. The summed E-state index contributed by atoms with van der Waals surface area (Å²) in [5.41, 5.74) is 6.87. The molecule has 1 rings (SSSR count). The molecule has 0 heterocycles. The molecule has 0 aliphatic rings. The van der Waals surface area contributed by atoms with Crippen molar-refractivity contribution in [2.45, 2.75) is 19.8 Å². The summed E-state index contributed by atoms with van der Waals surface area (Å²) in [4.78, 5) is 10.9. The molecule has 0 saturated heterocycles. The molecule has 0 radical (unpaired) electrons. The van der Waals surface area contributed by atoms with Crippen molar-refractivity contribution in [3.8, 4) is 0 Å². The second-order valence-electron chi connectivity index (χ2n) is 3.70. The van der Waals surface area contributed by atoms with Gasteiger partial charge in [0.2, 0.25) is 0 Å². The molecule has 1 aromatic carbocycles. The van der Waals surface area contributed by atoms with E-state index in [-0.39, 0.29) is 11.7 Å². The quantitative estimate of drug-likeness (QED) is 0.771. The van der Waals surface area contributed by atoms with E-state index in [9.17, 15) is 4.79 Å². The number of hydrogen-bond acceptors (Lipinski definition) is 2. The number of rotatable bonds is 5. The largest absolute Gasteiger partial charge is 0.330 e. The maximum absolute atomic E-state index is 10.9. The average molecular weight is 191 g/mol. The molecule has 0 aromatic heterocycles. The number of hydrogen-bond donors (Lipinski definition) is 1. The minimum Gasteiger partial charge on any atom is -0.330 e. The monoisotopic (exact) mass is 191 g/mol. The lowest BCUT2D eigenvalue weighted by Gasteiger charge is -2.12. The number of ketones is 1. The van der Waals surface area contributed by atoms with Crippen LogP contribution in [-0.4, -0.2) is 12.3 Å². The van der Waals surface area contributed by atoms with Gasteiger partial charge in [0.25, 0.3) is 0 Å². The Morgan fingerprint density at radius 3 is 2.50 bits per heavy atom. The van der Waals surface area contributed by atoms with E-state index >= 15 is 0 Å². The Balaban J connectivity index is 2.53. The second kappa shape index (κ2) is 5.55. The Bertz CT molecular complexity index is 282. The van der Waals surface area contributed by atoms with Crippen molar-refractivity contribution in [3.05, 3.63) is 35.9 Å². The van der Waals surface area contributed by atoms with E-state index in [1.165, 1.54) is 5.56 Å². The number of nitrogens with two attached hydrogens (primary N) is 1. The molecule has 0 spiro atoms. The van der Waals surface area contributed by atoms with Crippen LogP contribution in [0.3, 0.4) is 0 Å². The maximum atomic E-state index is 10.9. The summed E-state index contributed by atoms with van der Waals surface area (Å²) in [6, 6.07) is 10.2. The molecule has 0 saturated carbocycles. The lowest BCUT2D eigenvalue weighted by atomic mass is 9.95. The first-order valence-corrected chi connectivity index (χ1v) is 4.95. The number of Topliss-reactive ketones (excluding diaryl/α,β-unsaturated/α-hetero) is 1. The molecular weight excluding hydrogens is 174 g/mol. The predicted octanol–water partition coefficient (Wildman–Crippen LogP) is 1.78. The zero-order valence-corrected chi connectivity index (χ0v) is 8.57. The van der Waals surface area contributed by atoms with Crippen molar-refractivity contribution < 1.29 is 4.79 Å². The van der Waals surface area contributed by atoms with Crippen molar-refractivity contribution in [2.24, 2.45) is 11.7 Å². The summed E-state index contributed by atoms with van der Waals surface area (Å²) in [5.74, 6) is 0.506. The normalized spacial score (nSPS) is 12.4. The van der Waals surface area contributed by atoms with Crippen LogP contribution in [0.1, 0.15) is 18.9 Å². The molecular formula is C12H17NO. The lowest BCUT2D eigenvalue weighted by Crippen LogP contribution is -2.19. The zero-order valence-electron chi connectivity index (χ0n) is 8.57. The van der Waals surface area contributed by atoms with E-state index in [0.29, 0.717) is 13.0 Å². The van der Waals surface area contributed by atoms with E-state index in [4.69, 9.17) is 5.73 Å². The summed E-state index contributed by atoms with van der Waals surface area (Å²) in [7, 11) is 0. The van der Waals surface area contributed by atoms with E-state index < -0.39 is 0 Å². The van der Waals surface area contributed by atoms with Crippen LogP contribution in [0.5, 0.6) is 0 Å². The van der Waals surface area contributed by atoms with Gasteiger partial charge in [-0.3, -0.25) is 0 Å². The molecule has 76 valence electrons. The Morgan fingerprint density at radius 1 is 1.36 bits per heavy atom. The summed E-state index contributed by atoms with van der Waals surface area (Å²) in [5, 5.41) is 0. The Morgan fingerprint density at radius 2 is 2.00 bits per heavy atom. The van der Waals surface area contributed by atoms with Crippen LogP contribution >= 0.6 is 0 Å². The van der Waals surface area contributed by atoms with Crippen molar-refractivity contribution >= 4 is 5.78 Å². The molecule has 0 bridgehead atoms. The topological polar surface area (TPSA) is 43.1 Å². The van der Waals surface area contributed by atoms with Gasteiger partial charge in [0.05, 0.1) is 0 Å². The van der Waals surface area contributed by atoms with Crippen LogP contribution in [0.4, 0.5) is 0 Å². The van der Waals surface area contributed by atoms with Crippen LogP contribution in [0.25, 0.3) is 0 Å². The molecule has 0 fully saturated rings. The van der Waals surface area contributed by atoms with Crippen LogP contribution in [0, 0.1) is 5.92 Å². The Kier molecular flexibility index (Phi) is 4.33. The molecule has 14 heavy (non-hydrogen) atoms. The molecule has 1 aromatic rings. The van der Waals surface area contributed by atoms with Crippen LogP contribution < -0.4 is 5.73 Å².